The standard InChI is InChI=1S/C14H25N3O2S/c1-4-12-7-6-8-17(12)20(18,19)14-9-13(10-15-5-2)16(3)11-14/h9,11-12,15H,4-8,10H2,1-3H3. The Morgan fingerprint density at radius 1 is 1.40 bits per heavy atom. The van der Waals surface area contributed by atoms with Crippen molar-refractivity contribution in [2.24, 2.45) is 7.05 Å². The Hall–Kier alpha value is -0.850. The molecule has 2 heterocycles. The Morgan fingerprint density at radius 3 is 2.80 bits per heavy atom. The van der Waals surface area contributed by atoms with Gasteiger partial charge in [0.2, 0.25) is 10.0 Å². The molecule has 1 atom stereocenters. The van der Waals surface area contributed by atoms with Crippen LogP contribution >= 0.6 is 0 Å². The second-order valence-electron chi connectivity index (χ2n) is 5.38. The molecule has 1 unspecified atom stereocenters. The highest BCUT2D eigenvalue weighted by Crippen LogP contribution is 2.28. The van der Waals surface area contributed by atoms with E-state index in [1.54, 1.807) is 16.6 Å². The minimum absolute atomic E-state index is 0.164. The van der Waals surface area contributed by atoms with Crippen LogP contribution < -0.4 is 5.32 Å². The van der Waals surface area contributed by atoms with Gasteiger partial charge in [0.1, 0.15) is 4.90 Å². The first-order chi connectivity index (χ1) is 9.50. The second kappa shape index (κ2) is 6.28. The zero-order valence-electron chi connectivity index (χ0n) is 12.6. The van der Waals surface area contributed by atoms with E-state index in [0.717, 1.165) is 31.5 Å². The van der Waals surface area contributed by atoms with E-state index in [9.17, 15) is 8.42 Å². The van der Waals surface area contributed by atoms with Crippen molar-refractivity contribution < 1.29 is 8.42 Å². The lowest BCUT2D eigenvalue weighted by molar-refractivity contribution is 0.379. The van der Waals surface area contributed by atoms with Crippen LogP contribution in [0.15, 0.2) is 17.2 Å². The summed E-state index contributed by atoms with van der Waals surface area (Å²) in [5.74, 6) is 0. The van der Waals surface area contributed by atoms with E-state index < -0.39 is 10.0 Å². The van der Waals surface area contributed by atoms with Crippen LogP contribution in [-0.2, 0) is 23.6 Å². The third-order valence-corrected chi connectivity index (χ3v) is 5.96. The van der Waals surface area contributed by atoms with Crippen LogP contribution in [0.3, 0.4) is 0 Å². The third kappa shape index (κ3) is 2.92. The van der Waals surface area contributed by atoms with Gasteiger partial charge in [-0.3, -0.25) is 0 Å². The van der Waals surface area contributed by atoms with Crippen molar-refractivity contribution >= 4 is 10.0 Å². The van der Waals surface area contributed by atoms with Crippen molar-refractivity contribution in [2.45, 2.75) is 50.6 Å². The highest BCUT2D eigenvalue weighted by molar-refractivity contribution is 7.89. The van der Waals surface area contributed by atoms with Crippen molar-refractivity contribution in [3.63, 3.8) is 0 Å². The molecule has 0 saturated carbocycles. The second-order valence-corrected chi connectivity index (χ2v) is 7.27. The largest absolute Gasteiger partial charge is 0.352 e. The van der Waals surface area contributed by atoms with E-state index in [1.807, 2.05) is 18.5 Å². The number of aromatic nitrogens is 1. The van der Waals surface area contributed by atoms with Crippen molar-refractivity contribution in [2.75, 3.05) is 13.1 Å². The van der Waals surface area contributed by atoms with Gasteiger partial charge in [0, 0.05) is 38.1 Å². The summed E-state index contributed by atoms with van der Waals surface area (Å²) in [6, 6.07) is 1.96. The Balaban J connectivity index is 2.25. The monoisotopic (exact) mass is 299 g/mol. The molecule has 1 aromatic heterocycles. The highest BCUT2D eigenvalue weighted by Gasteiger charge is 2.34. The minimum Gasteiger partial charge on any atom is -0.352 e. The maximum absolute atomic E-state index is 12.7. The molecule has 1 saturated heterocycles. The van der Waals surface area contributed by atoms with E-state index in [4.69, 9.17) is 0 Å². The maximum atomic E-state index is 12.7. The van der Waals surface area contributed by atoms with E-state index in [-0.39, 0.29) is 6.04 Å². The number of nitrogens with one attached hydrogen (secondary N) is 1. The number of hydrogen-bond acceptors (Lipinski definition) is 3. The molecule has 1 aliphatic rings. The van der Waals surface area contributed by atoms with Crippen LogP contribution in [0.1, 0.15) is 38.8 Å². The molecule has 0 aliphatic carbocycles. The highest BCUT2D eigenvalue weighted by atomic mass is 32.2. The number of rotatable bonds is 6. The first kappa shape index (κ1) is 15.5. The van der Waals surface area contributed by atoms with Crippen molar-refractivity contribution in [1.82, 2.24) is 14.2 Å². The first-order valence-electron chi connectivity index (χ1n) is 7.38. The summed E-state index contributed by atoms with van der Waals surface area (Å²) in [4.78, 5) is 0.424. The van der Waals surface area contributed by atoms with Gasteiger partial charge in [-0.05, 0) is 31.9 Å². The van der Waals surface area contributed by atoms with Gasteiger partial charge < -0.3 is 9.88 Å². The zero-order valence-corrected chi connectivity index (χ0v) is 13.4. The summed E-state index contributed by atoms with van der Waals surface area (Å²) >= 11 is 0. The fraction of sp³-hybridized carbons (Fsp3) is 0.714. The molecule has 0 radical (unpaired) electrons. The lowest BCUT2D eigenvalue weighted by Gasteiger charge is -2.22. The van der Waals surface area contributed by atoms with Gasteiger partial charge in [0.25, 0.3) is 0 Å². The topological polar surface area (TPSA) is 54.3 Å². The van der Waals surface area contributed by atoms with Crippen LogP contribution in [0.2, 0.25) is 0 Å². The molecule has 1 aliphatic heterocycles. The van der Waals surface area contributed by atoms with E-state index in [0.29, 0.717) is 18.0 Å². The summed E-state index contributed by atoms with van der Waals surface area (Å²) in [5, 5.41) is 3.23. The summed E-state index contributed by atoms with van der Waals surface area (Å²) in [7, 11) is -1.45. The van der Waals surface area contributed by atoms with Gasteiger partial charge in [-0.2, -0.15) is 4.31 Å². The zero-order chi connectivity index (χ0) is 14.8. The Bertz CT molecular complexity index is 551. The normalized spacial score (nSPS) is 20.6. The summed E-state index contributed by atoms with van der Waals surface area (Å²) in [6.07, 6.45) is 4.56. The summed E-state index contributed by atoms with van der Waals surface area (Å²) < 4.78 is 29.0. The van der Waals surface area contributed by atoms with Gasteiger partial charge in [-0.25, -0.2) is 8.42 Å². The van der Waals surface area contributed by atoms with Crippen LogP contribution in [-0.4, -0.2) is 36.4 Å². The fourth-order valence-corrected chi connectivity index (χ4v) is 4.68. The van der Waals surface area contributed by atoms with Gasteiger partial charge in [0.15, 0.2) is 0 Å². The van der Waals surface area contributed by atoms with E-state index in [2.05, 4.69) is 12.2 Å². The smallest absolute Gasteiger partial charge is 0.244 e. The lowest BCUT2D eigenvalue weighted by atomic mass is 10.2. The molecule has 1 aromatic rings. The number of sulfonamides is 1. The summed E-state index contributed by atoms with van der Waals surface area (Å²) in [5.41, 5.74) is 0.998. The Kier molecular flexibility index (Phi) is 4.88. The Morgan fingerprint density at radius 2 is 2.15 bits per heavy atom. The van der Waals surface area contributed by atoms with Crippen LogP contribution in [0.25, 0.3) is 0 Å². The van der Waals surface area contributed by atoms with Crippen molar-refractivity contribution in [1.29, 1.82) is 0 Å². The number of aryl methyl sites for hydroxylation is 1. The van der Waals surface area contributed by atoms with Gasteiger partial charge in [0.05, 0.1) is 0 Å². The molecule has 0 bridgehead atoms. The summed E-state index contributed by atoms with van der Waals surface area (Å²) in [6.45, 7) is 6.31. The molecule has 2 rings (SSSR count). The number of hydrogen-bond donors (Lipinski definition) is 1. The molecule has 0 spiro atoms. The van der Waals surface area contributed by atoms with E-state index in [1.165, 1.54) is 0 Å². The minimum atomic E-state index is -3.34. The molecular formula is C14H25N3O2S. The molecule has 6 heteroatoms. The molecule has 20 heavy (non-hydrogen) atoms. The van der Waals surface area contributed by atoms with Crippen molar-refractivity contribution in [3.05, 3.63) is 18.0 Å². The predicted molar refractivity (Wildman–Crippen MR) is 80.0 cm³/mol. The number of nitrogens with zero attached hydrogens (tertiary/aromatic N) is 2. The third-order valence-electron chi connectivity index (χ3n) is 4.04. The molecule has 1 N–H and O–H groups in total. The molecule has 114 valence electrons. The van der Waals surface area contributed by atoms with Gasteiger partial charge in [-0.15, -0.1) is 0 Å². The first-order valence-corrected chi connectivity index (χ1v) is 8.82. The van der Waals surface area contributed by atoms with Gasteiger partial charge >= 0.3 is 0 Å². The average molecular weight is 299 g/mol. The fourth-order valence-electron chi connectivity index (χ4n) is 2.82. The van der Waals surface area contributed by atoms with Crippen molar-refractivity contribution in [3.8, 4) is 0 Å². The van der Waals surface area contributed by atoms with Crippen LogP contribution in [0.5, 0.6) is 0 Å². The molecule has 5 nitrogen and oxygen atoms in total. The van der Waals surface area contributed by atoms with E-state index >= 15 is 0 Å². The molecule has 1 fully saturated rings. The predicted octanol–water partition coefficient (Wildman–Crippen LogP) is 1.70. The lowest BCUT2D eigenvalue weighted by Crippen LogP contribution is -2.34. The molecular weight excluding hydrogens is 274 g/mol. The molecule has 0 aromatic carbocycles. The van der Waals surface area contributed by atoms with Crippen LogP contribution in [0.4, 0.5) is 0 Å². The maximum Gasteiger partial charge on any atom is 0.244 e. The SMILES string of the molecule is CCNCc1cc(S(=O)(=O)N2CCCC2CC)cn1C. The average Bonchev–Trinajstić information content (AvgIpc) is 3.03. The van der Waals surface area contributed by atoms with Gasteiger partial charge in [-0.1, -0.05) is 13.8 Å². The van der Waals surface area contributed by atoms with Crippen LogP contribution in [0, 0.1) is 0 Å². The quantitative estimate of drug-likeness (QED) is 0.870. The molecule has 0 amide bonds. The Labute approximate surface area is 122 Å².